The summed E-state index contributed by atoms with van der Waals surface area (Å²) in [5.41, 5.74) is 1.53. The van der Waals surface area contributed by atoms with Crippen molar-refractivity contribution in [1.29, 1.82) is 0 Å². The number of carbonyl (C=O) groups is 1. The monoisotopic (exact) mass is 262 g/mol. The normalized spacial score (nSPS) is 10.7. The minimum atomic E-state index is -1.06. The average molecular weight is 262 g/mol. The summed E-state index contributed by atoms with van der Waals surface area (Å²) in [4.78, 5) is 26.8. The molecule has 1 N–H and O–H groups in total. The molecule has 100 valence electrons. The number of hydrogen-bond acceptors (Lipinski definition) is 4. The van der Waals surface area contributed by atoms with Crippen LogP contribution in [0.2, 0.25) is 0 Å². The maximum absolute atomic E-state index is 11.9. The van der Waals surface area contributed by atoms with E-state index in [1.807, 2.05) is 0 Å². The third-order valence-corrected chi connectivity index (χ3v) is 2.95. The first-order valence-corrected chi connectivity index (χ1v) is 5.69. The van der Waals surface area contributed by atoms with Gasteiger partial charge in [0, 0.05) is 18.4 Å². The number of carboxylic acids is 1. The van der Waals surface area contributed by atoms with Crippen LogP contribution in [-0.4, -0.2) is 30.4 Å². The smallest absolute Gasteiger partial charge is 0.348 e. The van der Waals surface area contributed by atoms with Crippen molar-refractivity contribution in [3.05, 3.63) is 45.4 Å². The molecule has 2 aromatic rings. The number of carboxylic acid groups (broad SMARTS) is 1. The lowest BCUT2D eigenvalue weighted by atomic mass is 10.2. The second-order valence-corrected chi connectivity index (χ2v) is 4.34. The molecule has 0 atom stereocenters. The average Bonchev–Trinajstić information content (AvgIpc) is 2.65. The summed E-state index contributed by atoms with van der Waals surface area (Å²) < 4.78 is 2.88. The predicted octanol–water partition coefficient (Wildman–Crippen LogP) is 0.340. The van der Waals surface area contributed by atoms with Gasteiger partial charge in [0.1, 0.15) is 5.56 Å². The number of aryl methyl sites for hydroxylation is 3. The van der Waals surface area contributed by atoms with E-state index in [-0.39, 0.29) is 12.1 Å². The lowest BCUT2D eigenvalue weighted by Crippen LogP contribution is -2.27. The van der Waals surface area contributed by atoms with E-state index in [1.165, 1.54) is 15.4 Å². The van der Waals surface area contributed by atoms with Crippen molar-refractivity contribution in [3.63, 3.8) is 0 Å². The SMILES string of the molecule is Cc1cc(C)n(Cc2c(C(=O)O)cnn2C)c(=O)n1. The van der Waals surface area contributed by atoms with Gasteiger partial charge in [0.2, 0.25) is 0 Å². The quantitative estimate of drug-likeness (QED) is 0.861. The van der Waals surface area contributed by atoms with Crippen molar-refractivity contribution in [1.82, 2.24) is 19.3 Å². The van der Waals surface area contributed by atoms with Gasteiger partial charge in [0.15, 0.2) is 0 Å². The summed E-state index contributed by atoms with van der Waals surface area (Å²) in [6.45, 7) is 3.66. The minimum absolute atomic E-state index is 0.0920. The minimum Gasteiger partial charge on any atom is -0.478 e. The highest BCUT2D eigenvalue weighted by molar-refractivity contribution is 5.88. The van der Waals surface area contributed by atoms with E-state index in [9.17, 15) is 9.59 Å². The van der Waals surface area contributed by atoms with Crippen molar-refractivity contribution in [3.8, 4) is 0 Å². The fourth-order valence-corrected chi connectivity index (χ4v) is 1.95. The molecule has 0 spiro atoms. The summed E-state index contributed by atoms with van der Waals surface area (Å²) in [5.74, 6) is -1.06. The maximum Gasteiger partial charge on any atom is 0.348 e. The summed E-state index contributed by atoms with van der Waals surface area (Å²) in [6, 6.07) is 1.78. The predicted molar refractivity (Wildman–Crippen MR) is 67.2 cm³/mol. The second kappa shape index (κ2) is 4.68. The Morgan fingerprint density at radius 1 is 1.42 bits per heavy atom. The van der Waals surface area contributed by atoms with Crippen LogP contribution in [0.25, 0.3) is 0 Å². The van der Waals surface area contributed by atoms with Crippen molar-refractivity contribution < 1.29 is 9.90 Å². The van der Waals surface area contributed by atoms with E-state index < -0.39 is 11.7 Å². The molecule has 0 saturated heterocycles. The van der Waals surface area contributed by atoms with E-state index in [0.29, 0.717) is 11.4 Å². The molecular formula is C12H14N4O3. The van der Waals surface area contributed by atoms with Gasteiger partial charge in [-0.05, 0) is 19.9 Å². The van der Waals surface area contributed by atoms with Gasteiger partial charge >= 0.3 is 11.7 Å². The van der Waals surface area contributed by atoms with Crippen molar-refractivity contribution >= 4 is 5.97 Å². The van der Waals surface area contributed by atoms with Gasteiger partial charge in [-0.15, -0.1) is 0 Å². The van der Waals surface area contributed by atoms with Crippen LogP contribution in [0.3, 0.4) is 0 Å². The fraction of sp³-hybridized carbons (Fsp3) is 0.333. The second-order valence-electron chi connectivity index (χ2n) is 4.34. The topological polar surface area (TPSA) is 90.0 Å². The molecule has 0 saturated carbocycles. The van der Waals surface area contributed by atoms with Crippen LogP contribution in [-0.2, 0) is 13.6 Å². The van der Waals surface area contributed by atoms with Crippen LogP contribution in [0.1, 0.15) is 27.4 Å². The van der Waals surface area contributed by atoms with Crippen molar-refractivity contribution in [2.45, 2.75) is 20.4 Å². The molecule has 7 nitrogen and oxygen atoms in total. The Bertz CT molecular complexity index is 699. The lowest BCUT2D eigenvalue weighted by molar-refractivity contribution is 0.0695. The molecule has 2 rings (SSSR count). The van der Waals surface area contributed by atoms with Crippen LogP contribution in [0.15, 0.2) is 17.1 Å². The highest BCUT2D eigenvalue weighted by Crippen LogP contribution is 2.10. The van der Waals surface area contributed by atoms with Gasteiger partial charge in [-0.2, -0.15) is 10.1 Å². The maximum atomic E-state index is 11.9. The molecule has 19 heavy (non-hydrogen) atoms. The van der Waals surface area contributed by atoms with Gasteiger partial charge < -0.3 is 5.11 Å². The molecule has 0 bridgehead atoms. The number of aromatic nitrogens is 4. The van der Waals surface area contributed by atoms with Gasteiger partial charge in [-0.1, -0.05) is 0 Å². The molecular weight excluding hydrogens is 248 g/mol. The van der Waals surface area contributed by atoms with Crippen LogP contribution in [0, 0.1) is 13.8 Å². The summed E-state index contributed by atoms with van der Waals surface area (Å²) in [7, 11) is 1.64. The number of nitrogens with zero attached hydrogens (tertiary/aromatic N) is 4. The Labute approximate surface area is 109 Å². The summed E-state index contributed by atoms with van der Waals surface area (Å²) in [6.07, 6.45) is 1.28. The Morgan fingerprint density at radius 2 is 2.11 bits per heavy atom. The van der Waals surface area contributed by atoms with Crippen LogP contribution < -0.4 is 5.69 Å². The van der Waals surface area contributed by atoms with Crippen molar-refractivity contribution in [2.24, 2.45) is 7.05 Å². The molecule has 0 amide bonds. The van der Waals surface area contributed by atoms with Crippen LogP contribution in [0.5, 0.6) is 0 Å². The third kappa shape index (κ3) is 2.40. The third-order valence-electron chi connectivity index (χ3n) is 2.95. The first-order chi connectivity index (χ1) is 8.90. The lowest BCUT2D eigenvalue weighted by Gasteiger charge is -2.10. The highest BCUT2D eigenvalue weighted by Gasteiger charge is 2.16. The zero-order chi connectivity index (χ0) is 14.2. The number of aromatic carboxylic acids is 1. The zero-order valence-electron chi connectivity index (χ0n) is 10.9. The Kier molecular flexibility index (Phi) is 3.20. The van der Waals surface area contributed by atoms with Gasteiger partial charge in [0.25, 0.3) is 0 Å². The largest absolute Gasteiger partial charge is 0.478 e. The number of rotatable bonds is 3. The molecule has 0 radical (unpaired) electrons. The Balaban J connectivity index is 2.51. The molecule has 0 aliphatic carbocycles. The molecule has 0 aliphatic rings. The summed E-state index contributed by atoms with van der Waals surface area (Å²) in [5, 5.41) is 13.0. The van der Waals surface area contributed by atoms with Crippen molar-refractivity contribution in [2.75, 3.05) is 0 Å². The van der Waals surface area contributed by atoms with Crippen LogP contribution >= 0.6 is 0 Å². The molecule has 0 unspecified atom stereocenters. The standard InChI is InChI=1S/C12H14N4O3/c1-7-4-8(2)16(12(19)14-7)6-10-9(11(17)18)5-13-15(10)3/h4-5H,6H2,1-3H3,(H,17,18). The molecule has 0 fully saturated rings. The van der Waals surface area contributed by atoms with E-state index in [1.54, 1.807) is 27.0 Å². The Hall–Kier alpha value is -2.44. The molecule has 2 aromatic heterocycles. The van der Waals surface area contributed by atoms with Crippen LogP contribution in [0.4, 0.5) is 0 Å². The molecule has 0 aromatic carbocycles. The molecule has 7 heteroatoms. The van der Waals surface area contributed by atoms with Gasteiger partial charge in [-0.3, -0.25) is 9.25 Å². The molecule has 0 aliphatic heterocycles. The van der Waals surface area contributed by atoms with E-state index >= 15 is 0 Å². The van der Waals surface area contributed by atoms with Gasteiger partial charge in [0.05, 0.1) is 18.4 Å². The highest BCUT2D eigenvalue weighted by atomic mass is 16.4. The van der Waals surface area contributed by atoms with E-state index in [4.69, 9.17) is 5.11 Å². The zero-order valence-corrected chi connectivity index (χ0v) is 10.9. The fourth-order valence-electron chi connectivity index (χ4n) is 1.95. The molecule has 2 heterocycles. The Morgan fingerprint density at radius 3 is 2.68 bits per heavy atom. The first-order valence-electron chi connectivity index (χ1n) is 5.69. The number of hydrogen-bond donors (Lipinski definition) is 1. The van der Waals surface area contributed by atoms with E-state index in [0.717, 1.165) is 5.69 Å². The summed E-state index contributed by atoms with van der Waals surface area (Å²) >= 11 is 0. The first kappa shape index (κ1) is 13.0. The van der Waals surface area contributed by atoms with Gasteiger partial charge in [-0.25, -0.2) is 9.59 Å². The van der Waals surface area contributed by atoms with E-state index in [2.05, 4.69) is 10.1 Å².